The molecular formula is C19H19N3O3. The van der Waals surface area contributed by atoms with Crippen LogP contribution in [0.2, 0.25) is 0 Å². The van der Waals surface area contributed by atoms with E-state index in [1.54, 1.807) is 11.2 Å². The molecule has 4 rings (SSSR count). The van der Waals surface area contributed by atoms with Crippen LogP contribution in [0.4, 0.5) is 10.5 Å². The van der Waals surface area contributed by atoms with Gasteiger partial charge in [-0.05, 0) is 42.3 Å². The van der Waals surface area contributed by atoms with Crippen molar-refractivity contribution in [2.45, 2.75) is 19.4 Å². The third kappa shape index (κ3) is 2.91. The van der Waals surface area contributed by atoms with Crippen LogP contribution in [0.1, 0.15) is 24.9 Å². The van der Waals surface area contributed by atoms with Crippen LogP contribution in [0.25, 0.3) is 11.0 Å². The third-order valence-corrected chi connectivity index (χ3v) is 4.29. The SMILES string of the molecule is CCCOc1ccc(C2COC(=O)N2c2ccc3nc[nH]c3c2)cc1. The Bertz CT molecular complexity index is 888. The highest BCUT2D eigenvalue weighted by atomic mass is 16.6. The number of aromatic amines is 1. The van der Waals surface area contributed by atoms with E-state index in [4.69, 9.17) is 9.47 Å². The summed E-state index contributed by atoms with van der Waals surface area (Å²) in [4.78, 5) is 21.3. The highest BCUT2D eigenvalue weighted by molar-refractivity contribution is 5.93. The number of hydrogen-bond donors (Lipinski definition) is 1. The number of imidazole rings is 1. The minimum Gasteiger partial charge on any atom is -0.494 e. The lowest BCUT2D eigenvalue weighted by atomic mass is 10.1. The second kappa shape index (κ2) is 6.47. The topological polar surface area (TPSA) is 67.5 Å². The summed E-state index contributed by atoms with van der Waals surface area (Å²) >= 11 is 0. The molecule has 3 aromatic rings. The summed E-state index contributed by atoms with van der Waals surface area (Å²) in [5.74, 6) is 0.835. The zero-order valence-electron chi connectivity index (χ0n) is 13.9. The van der Waals surface area contributed by atoms with Gasteiger partial charge in [0.15, 0.2) is 0 Å². The zero-order valence-corrected chi connectivity index (χ0v) is 13.9. The summed E-state index contributed by atoms with van der Waals surface area (Å²) in [6.07, 6.45) is 2.27. The predicted molar refractivity (Wildman–Crippen MR) is 94.9 cm³/mol. The summed E-state index contributed by atoms with van der Waals surface area (Å²) < 4.78 is 10.9. The molecule has 1 atom stereocenters. The van der Waals surface area contributed by atoms with Gasteiger partial charge in [-0.2, -0.15) is 0 Å². The van der Waals surface area contributed by atoms with Gasteiger partial charge in [-0.25, -0.2) is 9.78 Å². The van der Waals surface area contributed by atoms with Crippen molar-refractivity contribution >= 4 is 22.8 Å². The van der Waals surface area contributed by atoms with Crippen molar-refractivity contribution in [2.75, 3.05) is 18.1 Å². The molecule has 0 saturated carbocycles. The molecular weight excluding hydrogens is 318 g/mol. The molecule has 1 fully saturated rings. The maximum absolute atomic E-state index is 12.3. The second-order valence-electron chi connectivity index (χ2n) is 5.98. The number of nitrogens with one attached hydrogen (secondary N) is 1. The number of H-pyrrole nitrogens is 1. The number of nitrogens with zero attached hydrogens (tertiary/aromatic N) is 2. The smallest absolute Gasteiger partial charge is 0.415 e. The number of amides is 1. The number of anilines is 1. The lowest BCUT2D eigenvalue weighted by molar-refractivity contribution is 0.179. The maximum Gasteiger partial charge on any atom is 0.415 e. The Morgan fingerprint density at radius 2 is 2.12 bits per heavy atom. The van der Waals surface area contributed by atoms with Crippen molar-refractivity contribution in [2.24, 2.45) is 0 Å². The van der Waals surface area contributed by atoms with Crippen molar-refractivity contribution in [1.29, 1.82) is 0 Å². The largest absolute Gasteiger partial charge is 0.494 e. The van der Waals surface area contributed by atoms with E-state index >= 15 is 0 Å². The Labute approximate surface area is 145 Å². The zero-order chi connectivity index (χ0) is 17.2. The number of aromatic nitrogens is 2. The van der Waals surface area contributed by atoms with E-state index in [2.05, 4.69) is 16.9 Å². The Hall–Kier alpha value is -3.02. The van der Waals surface area contributed by atoms with Crippen LogP contribution in [0.5, 0.6) is 5.75 Å². The van der Waals surface area contributed by atoms with Crippen molar-refractivity contribution < 1.29 is 14.3 Å². The van der Waals surface area contributed by atoms with Gasteiger partial charge in [-0.3, -0.25) is 4.90 Å². The van der Waals surface area contributed by atoms with Gasteiger partial charge in [0, 0.05) is 0 Å². The molecule has 6 nitrogen and oxygen atoms in total. The van der Waals surface area contributed by atoms with Gasteiger partial charge in [0.25, 0.3) is 0 Å². The van der Waals surface area contributed by atoms with Crippen LogP contribution in [-0.2, 0) is 4.74 Å². The highest BCUT2D eigenvalue weighted by Crippen LogP contribution is 2.34. The molecule has 25 heavy (non-hydrogen) atoms. The molecule has 6 heteroatoms. The molecule has 0 aliphatic carbocycles. The third-order valence-electron chi connectivity index (χ3n) is 4.29. The van der Waals surface area contributed by atoms with Crippen molar-refractivity contribution in [3.63, 3.8) is 0 Å². The number of rotatable bonds is 5. The first-order chi connectivity index (χ1) is 12.3. The molecule has 2 aromatic carbocycles. The van der Waals surface area contributed by atoms with E-state index in [0.29, 0.717) is 13.2 Å². The average Bonchev–Trinajstić information content (AvgIpc) is 3.26. The average molecular weight is 337 g/mol. The van der Waals surface area contributed by atoms with Crippen molar-refractivity contribution in [3.8, 4) is 5.75 Å². The number of ether oxygens (including phenoxy) is 2. The van der Waals surface area contributed by atoms with Crippen molar-refractivity contribution in [1.82, 2.24) is 9.97 Å². The molecule has 0 bridgehead atoms. The molecule has 1 amide bonds. The number of hydrogen-bond acceptors (Lipinski definition) is 4. The minimum absolute atomic E-state index is 0.159. The Balaban J connectivity index is 1.63. The van der Waals surface area contributed by atoms with E-state index < -0.39 is 0 Å². The number of benzene rings is 2. The van der Waals surface area contributed by atoms with Gasteiger partial charge in [-0.1, -0.05) is 19.1 Å². The van der Waals surface area contributed by atoms with Gasteiger partial charge in [0.2, 0.25) is 0 Å². The molecule has 1 N–H and O–H groups in total. The summed E-state index contributed by atoms with van der Waals surface area (Å²) in [6, 6.07) is 13.4. The summed E-state index contributed by atoms with van der Waals surface area (Å²) in [7, 11) is 0. The summed E-state index contributed by atoms with van der Waals surface area (Å²) in [5, 5.41) is 0. The highest BCUT2D eigenvalue weighted by Gasteiger charge is 2.35. The maximum atomic E-state index is 12.3. The number of carbonyl (C=O) groups is 1. The van der Waals surface area contributed by atoms with Crippen molar-refractivity contribution in [3.05, 3.63) is 54.4 Å². The number of carbonyl (C=O) groups excluding carboxylic acids is 1. The van der Waals surface area contributed by atoms with Gasteiger partial charge in [0.05, 0.1) is 35.7 Å². The first kappa shape index (κ1) is 15.5. The normalized spacial score (nSPS) is 17.1. The van der Waals surface area contributed by atoms with E-state index in [1.807, 2.05) is 42.5 Å². The molecule has 1 unspecified atom stereocenters. The first-order valence-corrected chi connectivity index (χ1v) is 8.38. The van der Waals surface area contributed by atoms with Crippen LogP contribution in [0.3, 0.4) is 0 Å². The van der Waals surface area contributed by atoms with E-state index in [1.165, 1.54) is 0 Å². The molecule has 0 spiro atoms. The van der Waals surface area contributed by atoms with Crippen LogP contribution in [0, 0.1) is 0 Å². The fraction of sp³-hybridized carbons (Fsp3) is 0.263. The number of cyclic esters (lactones) is 1. The Kier molecular flexibility index (Phi) is 4.01. The quantitative estimate of drug-likeness (QED) is 0.763. The fourth-order valence-corrected chi connectivity index (χ4v) is 3.03. The standard InChI is InChI=1S/C19H19N3O3/c1-2-9-24-15-6-3-13(4-7-15)18-11-25-19(23)22(18)14-5-8-16-17(10-14)21-12-20-16/h3-8,10,12,18H,2,9,11H2,1H3,(H,20,21). The van der Waals surface area contributed by atoms with E-state index in [0.717, 1.165) is 34.5 Å². The molecule has 1 saturated heterocycles. The minimum atomic E-state index is -0.338. The number of fused-ring (bicyclic) bond motifs is 1. The van der Waals surface area contributed by atoms with Gasteiger partial charge in [-0.15, -0.1) is 0 Å². The molecule has 1 aliphatic heterocycles. The molecule has 0 radical (unpaired) electrons. The fourth-order valence-electron chi connectivity index (χ4n) is 3.03. The van der Waals surface area contributed by atoms with Crippen LogP contribution < -0.4 is 9.64 Å². The lowest BCUT2D eigenvalue weighted by Gasteiger charge is -2.22. The molecule has 128 valence electrons. The van der Waals surface area contributed by atoms with Gasteiger partial charge in [0.1, 0.15) is 12.4 Å². The molecule has 2 heterocycles. The summed E-state index contributed by atoms with van der Waals surface area (Å²) in [5.41, 5.74) is 3.56. The Morgan fingerprint density at radius 1 is 1.28 bits per heavy atom. The van der Waals surface area contributed by atoms with Gasteiger partial charge < -0.3 is 14.5 Å². The summed E-state index contributed by atoms with van der Waals surface area (Å²) in [6.45, 7) is 3.10. The van der Waals surface area contributed by atoms with Crippen LogP contribution in [-0.4, -0.2) is 29.3 Å². The van der Waals surface area contributed by atoms with Crippen LogP contribution >= 0.6 is 0 Å². The molecule has 1 aromatic heterocycles. The van der Waals surface area contributed by atoms with E-state index in [9.17, 15) is 4.79 Å². The second-order valence-corrected chi connectivity index (χ2v) is 5.98. The Morgan fingerprint density at radius 3 is 2.92 bits per heavy atom. The van der Waals surface area contributed by atoms with Crippen LogP contribution in [0.15, 0.2) is 48.8 Å². The van der Waals surface area contributed by atoms with E-state index in [-0.39, 0.29) is 12.1 Å². The monoisotopic (exact) mass is 337 g/mol. The molecule has 1 aliphatic rings. The van der Waals surface area contributed by atoms with Gasteiger partial charge >= 0.3 is 6.09 Å². The lowest BCUT2D eigenvalue weighted by Crippen LogP contribution is -2.27. The first-order valence-electron chi connectivity index (χ1n) is 8.38. The predicted octanol–water partition coefficient (Wildman–Crippen LogP) is 4.05.